The molecular weight excluding hydrogens is 312 g/mol. The molecule has 2 aromatic carbocycles. The van der Waals surface area contributed by atoms with Crippen molar-refractivity contribution in [2.75, 3.05) is 11.9 Å². The molecule has 4 nitrogen and oxygen atoms in total. The molecule has 0 aliphatic rings. The topological polar surface area (TPSA) is 62.1 Å². The van der Waals surface area contributed by atoms with Gasteiger partial charge in [-0.25, -0.2) is 0 Å². The van der Waals surface area contributed by atoms with Gasteiger partial charge in [0.25, 0.3) is 5.91 Å². The van der Waals surface area contributed by atoms with E-state index in [2.05, 4.69) is 11.2 Å². The van der Waals surface area contributed by atoms with Crippen LogP contribution in [0.5, 0.6) is 5.75 Å². The summed E-state index contributed by atoms with van der Waals surface area (Å²) < 4.78 is 5.29. The molecule has 2 rings (SSSR count). The van der Waals surface area contributed by atoms with Crippen LogP contribution in [0, 0.1) is 37.5 Å². The SMILES string of the molecule is C#CCOc1ccc(/C=C(\C#N)C(=O)Nc2ccc(C)c(C)c2)cc1. The van der Waals surface area contributed by atoms with Crippen molar-refractivity contribution in [2.24, 2.45) is 0 Å². The third kappa shape index (κ3) is 4.99. The molecule has 0 saturated carbocycles. The van der Waals surface area contributed by atoms with Gasteiger partial charge in [-0.15, -0.1) is 6.42 Å². The summed E-state index contributed by atoms with van der Waals surface area (Å²) in [4.78, 5) is 12.3. The third-order valence-electron chi connectivity index (χ3n) is 3.64. The Morgan fingerprint density at radius 3 is 2.52 bits per heavy atom. The number of nitriles is 1. The molecule has 0 saturated heterocycles. The summed E-state index contributed by atoms with van der Waals surface area (Å²) in [5.74, 6) is 2.57. The number of carbonyl (C=O) groups is 1. The van der Waals surface area contributed by atoms with E-state index in [4.69, 9.17) is 11.2 Å². The molecule has 0 unspecified atom stereocenters. The Labute approximate surface area is 147 Å². The van der Waals surface area contributed by atoms with Crippen molar-refractivity contribution in [2.45, 2.75) is 13.8 Å². The van der Waals surface area contributed by atoms with Gasteiger partial charge in [-0.1, -0.05) is 24.1 Å². The molecule has 0 radical (unpaired) electrons. The molecule has 4 heteroatoms. The Bertz CT molecular complexity index is 882. The lowest BCUT2D eigenvalue weighted by molar-refractivity contribution is -0.112. The van der Waals surface area contributed by atoms with E-state index < -0.39 is 5.91 Å². The number of carbonyl (C=O) groups excluding carboxylic acids is 1. The lowest BCUT2D eigenvalue weighted by atomic mass is 10.1. The van der Waals surface area contributed by atoms with Crippen LogP contribution in [0.3, 0.4) is 0 Å². The number of aryl methyl sites for hydroxylation is 2. The second-order valence-corrected chi connectivity index (χ2v) is 5.48. The molecule has 25 heavy (non-hydrogen) atoms. The Morgan fingerprint density at radius 2 is 1.92 bits per heavy atom. The summed E-state index contributed by atoms with van der Waals surface area (Å²) in [5.41, 5.74) is 3.62. The number of hydrogen-bond acceptors (Lipinski definition) is 3. The number of rotatable bonds is 5. The quantitative estimate of drug-likeness (QED) is 0.514. The molecule has 0 aromatic heterocycles. The third-order valence-corrected chi connectivity index (χ3v) is 3.64. The lowest BCUT2D eigenvalue weighted by Gasteiger charge is -2.07. The number of terminal acetylenes is 1. The van der Waals surface area contributed by atoms with Crippen LogP contribution in [0.25, 0.3) is 6.08 Å². The highest BCUT2D eigenvalue weighted by Gasteiger charge is 2.10. The highest BCUT2D eigenvalue weighted by molar-refractivity contribution is 6.09. The molecule has 1 amide bonds. The molecule has 0 spiro atoms. The van der Waals surface area contributed by atoms with Crippen molar-refractivity contribution in [3.8, 4) is 24.2 Å². The number of nitrogens with zero attached hydrogens (tertiary/aromatic N) is 1. The fourth-order valence-electron chi connectivity index (χ4n) is 2.12. The van der Waals surface area contributed by atoms with Gasteiger partial charge in [0.15, 0.2) is 0 Å². The van der Waals surface area contributed by atoms with Gasteiger partial charge in [0.2, 0.25) is 0 Å². The lowest BCUT2D eigenvalue weighted by Crippen LogP contribution is -2.13. The zero-order chi connectivity index (χ0) is 18.2. The van der Waals surface area contributed by atoms with Crippen LogP contribution in [0.2, 0.25) is 0 Å². The average molecular weight is 330 g/mol. The first-order valence-corrected chi connectivity index (χ1v) is 7.70. The first kappa shape index (κ1) is 17.8. The number of benzene rings is 2. The molecule has 2 aromatic rings. The van der Waals surface area contributed by atoms with Crippen molar-refractivity contribution in [3.63, 3.8) is 0 Å². The van der Waals surface area contributed by atoms with Crippen molar-refractivity contribution < 1.29 is 9.53 Å². The van der Waals surface area contributed by atoms with E-state index in [0.29, 0.717) is 11.4 Å². The maximum atomic E-state index is 12.3. The number of ether oxygens (including phenoxy) is 1. The van der Waals surface area contributed by atoms with Crippen LogP contribution in [0.4, 0.5) is 5.69 Å². The molecule has 0 heterocycles. The van der Waals surface area contributed by atoms with Crippen molar-refractivity contribution in [3.05, 3.63) is 64.7 Å². The normalized spacial score (nSPS) is 10.5. The minimum Gasteiger partial charge on any atom is -0.481 e. The second kappa shape index (κ2) is 8.38. The molecule has 124 valence electrons. The Balaban J connectivity index is 2.13. The van der Waals surface area contributed by atoms with Gasteiger partial charge in [-0.05, 0) is 60.9 Å². The van der Waals surface area contributed by atoms with Crippen LogP contribution >= 0.6 is 0 Å². The Kier molecular flexibility index (Phi) is 5.98. The standard InChI is InChI=1S/C21H18N2O2/c1-4-11-25-20-9-6-17(7-10-20)13-18(14-22)21(24)23-19-8-5-15(2)16(3)12-19/h1,5-10,12-13H,11H2,2-3H3,(H,23,24)/b18-13+. The fraction of sp³-hybridized carbons (Fsp3) is 0.143. The molecule has 0 atom stereocenters. The van der Waals surface area contributed by atoms with Crippen molar-refractivity contribution >= 4 is 17.7 Å². The zero-order valence-corrected chi connectivity index (χ0v) is 14.2. The molecule has 0 aliphatic heterocycles. The van der Waals surface area contributed by atoms with Crippen molar-refractivity contribution in [1.82, 2.24) is 0 Å². The zero-order valence-electron chi connectivity index (χ0n) is 14.2. The van der Waals surface area contributed by atoms with Crippen LogP contribution in [-0.2, 0) is 4.79 Å². The van der Waals surface area contributed by atoms with Gasteiger partial charge in [0, 0.05) is 5.69 Å². The van der Waals surface area contributed by atoms with E-state index in [9.17, 15) is 10.1 Å². The van der Waals surface area contributed by atoms with Gasteiger partial charge in [-0.3, -0.25) is 4.79 Å². The second-order valence-electron chi connectivity index (χ2n) is 5.48. The molecular formula is C21H18N2O2. The maximum Gasteiger partial charge on any atom is 0.266 e. The smallest absolute Gasteiger partial charge is 0.266 e. The highest BCUT2D eigenvalue weighted by Crippen LogP contribution is 2.17. The molecule has 1 N–H and O–H groups in total. The first-order chi connectivity index (χ1) is 12.0. The van der Waals surface area contributed by atoms with Gasteiger partial charge in [0.1, 0.15) is 24.0 Å². The van der Waals surface area contributed by atoms with E-state index >= 15 is 0 Å². The fourth-order valence-corrected chi connectivity index (χ4v) is 2.12. The highest BCUT2D eigenvalue weighted by atomic mass is 16.5. The summed E-state index contributed by atoms with van der Waals surface area (Å²) >= 11 is 0. The summed E-state index contributed by atoms with van der Waals surface area (Å²) in [6.07, 6.45) is 6.67. The van der Waals surface area contributed by atoms with E-state index in [1.54, 1.807) is 24.3 Å². The number of hydrogen-bond donors (Lipinski definition) is 1. The van der Waals surface area contributed by atoms with E-state index in [1.165, 1.54) is 6.08 Å². The largest absolute Gasteiger partial charge is 0.481 e. The summed E-state index contributed by atoms with van der Waals surface area (Å²) in [6, 6.07) is 14.5. The minimum atomic E-state index is -0.446. The predicted octanol–water partition coefficient (Wildman–Crippen LogP) is 3.86. The summed E-state index contributed by atoms with van der Waals surface area (Å²) in [7, 11) is 0. The van der Waals surface area contributed by atoms with E-state index in [-0.39, 0.29) is 12.2 Å². The monoisotopic (exact) mass is 330 g/mol. The van der Waals surface area contributed by atoms with Crippen LogP contribution in [0.15, 0.2) is 48.0 Å². The van der Waals surface area contributed by atoms with Crippen LogP contribution < -0.4 is 10.1 Å². The summed E-state index contributed by atoms with van der Waals surface area (Å²) in [6.45, 7) is 4.16. The van der Waals surface area contributed by atoms with Gasteiger partial charge in [-0.2, -0.15) is 5.26 Å². The molecule has 0 aliphatic carbocycles. The van der Waals surface area contributed by atoms with E-state index in [0.717, 1.165) is 16.7 Å². The number of anilines is 1. The average Bonchev–Trinajstić information content (AvgIpc) is 2.62. The first-order valence-electron chi connectivity index (χ1n) is 7.70. The molecule has 0 fully saturated rings. The van der Waals surface area contributed by atoms with Crippen LogP contribution in [-0.4, -0.2) is 12.5 Å². The molecule has 0 bridgehead atoms. The number of amides is 1. The van der Waals surface area contributed by atoms with E-state index in [1.807, 2.05) is 38.1 Å². The predicted molar refractivity (Wildman–Crippen MR) is 98.9 cm³/mol. The minimum absolute atomic E-state index is 0.0236. The maximum absolute atomic E-state index is 12.3. The Hall–Kier alpha value is -3.50. The Morgan fingerprint density at radius 1 is 1.20 bits per heavy atom. The van der Waals surface area contributed by atoms with Gasteiger partial charge < -0.3 is 10.1 Å². The van der Waals surface area contributed by atoms with Crippen LogP contribution in [0.1, 0.15) is 16.7 Å². The van der Waals surface area contributed by atoms with Gasteiger partial charge in [0.05, 0.1) is 0 Å². The summed E-state index contributed by atoms with van der Waals surface area (Å²) in [5, 5.41) is 12.0. The number of nitrogens with one attached hydrogen (secondary N) is 1. The van der Waals surface area contributed by atoms with Gasteiger partial charge >= 0.3 is 0 Å². The van der Waals surface area contributed by atoms with Crippen molar-refractivity contribution in [1.29, 1.82) is 5.26 Å².